The van der Waals surface area contributed by atoms with Gasteiger partial charge in [-0.1, -0.05) is 138 Å². The molecule has 0 aromatic rings. The molecule has 0 bridgehead atoms. The molecule has 0 aliphatic carbocycles. The maximum absolute atomic E-state index is 12.4. The fourth-order valence-corrected chi connectivity index (χ4v) is 5.16. The number of aliphatic hydroxyl groups excluding tert-OH is 1. The Bertz CT molecular complexity index is 947. The largest absolute Gasteiger partial charge is 0.387 e. The first kappa shape index (κ1) is 40.8. The lowest BCUT2D eigenvalue weighted by Gasteiger charge is -2.21. The third kappa shape index (κ3) is 31.0. The molecule has 0 radical (unpaired) electrons. The molecule has 0 aliphatic heterocycles. The highest BCUT2D eigenvalue weighted by Gasteiger charge is 2.24. The van der Waals surface area contributed by atoms with Crippen LogP contribution in [-0.4, -0.2) is 41.9 Å². The summed E-state index contributed by atoms with van der Waals surface area (Å²) < 4.78 is 32.2. The quantitative estimate of drug-likeness (QED) is 0.0460. The van der Waals surface area contributed by atoms with Gasteiger partial charge in [-0.2, -0.15) is 8.42 Å². The minimum absolute atomic E-state index is 0.213. The second-order valence-electron chi connectivity index (χ2n) is 11.1. The van der Waals surface area contributed by atoms with Gasteiger partial charge in [0.15, 0.2) is 0 Å². The van der Waals surface area contributed by atoms with Crippen molar-refractivity contribution < 1.29 is 22.9 Å². The number of amides is 1. The van der Waals surface area contributed by atoms with Crippen molar-refractivity contribution in [1.82, 2.24) is 5.32 Å². The fourth-order valence-electron chi connectivity index (χ4n) is 4.42. The maximum atomic E-state index is 12.4. The summed E-state index contributed by atoms with van der Waals surface area (Å²) in [5.74, 6) is -1.07. The van der Waals surface area contributed by atoms with Crippen molar-refractivity contribution in [3.63, 3.8) is 0 Å². The minimum Gasteiger partial charge on any atom is -0.387 e. The molecule has 0 spiro atoms. The summed E-state index contributed by atoms with van der Waals surface area (Å²) in [4.78, 5) is 12.4. The van der Waals surface area contributed by atoms with E-state index < -0.39 is 28.0 Å². The average Bonchev–Trinajstić information content (AvgIpc) is 2.96. The number of rotatable bonds is 28. The molecule has 2 unspecified atom stereocenters. The molecule has 3 N–H and O–H groups in total. The van der Waals surface area contributed by atoms with Crippen molar-refractivity contribution >= 4 is 16.0 Å². The van der Waals surface area contributed by atoms with Crippen molar-refractivity contribution in [2.24, 2.45) is 0 Å². The monoisotopic (exact) mass is 619 g/mol. The highest BCUT2D eigenvalue weighted by Crippen LogP contribution is 2.11. The molecule has 0 aromatic carbocycles. The first-order valence-corrected chi connectivity index (χ1v) is 18.2. The number of nitrogens with one attached hydrogen (secondary N) is 1. The molecule has 1 amide bonds. The smallest absolute Gasteiger partial charge is 0.267 e. The first-order chi connectivity index (χ1) is 20.8. The van der Waals surface area contributed by atoms with Crippen LogP contribution in [0.5, 0.6) is 0 Å². The maximum Gasteiger partial charge on any atom is 0.267 e. The number of carbonyl (C=O) groups is 1. The second kappa shape index (κ2) is 29.8. The number of allylic oxidation sites excluding steroid dienone is 11. The zero-order chi connectivity index (χ0) is 31.9. The Morgan fingerprint density at radius 3 is 1.63 bits per heavy atom. The van der Waals surface area contributed by atoms with Crippen LogP contribution < -0.4 is 5.32 Å². The van der Waals surface area contributed by atoms with Crippen LogP contribution in [-0.2, 0) is 14.9 Å². The van der Waals surface area contributed by atoms with Gasteiger partial charge in [0, 0.05) is 6.42 Å². The van der Waals surface area contributed by atoms with E-state index in [9.17, 15) is 22.9 Å². The van der Waals surface area contributed by atoms with Gasteiger partial charge < -0.3 is 10.4 Å². The van der Waals surface area contributed by atoms with Crippen molar-refractivity contribution in [3.05, 3.63) is 72.9 Å². The SMILES string of the molecule is CC/C=C\C/C=C\C/C=C\C/C=C\C/C=C\CCCC(=O)NC(CS(=O)(=O)O)C(O)/C=C/CCCCCCCCCCC. The van der Waals surface area contributed by atoms with Gasteiger partial charge in [0.05, 0.1) is 17.9 Å². The van der Waals surface area contributed by atoms with E-state index in [4.69, 9.17) is 0 Å². The van der Waals surface area contributed by atoms with Crippen LogP contribution in [0.2, 0.25) is 0 Å². The Labute approximate surface area is 264 Å². The zero-order valence-electron chi connectivity index (χ0n) is 27.0. The summed E-state index contributed by atoms with van der Waals surface area (Å²) in [6.45, 7) is 4.36. The van der Waals surface area contributed by atoms with Crippen LogP contribution in [0.4, 0.5) is 0 Å². The predicted octanol–water partition coefficient (Wildman–Crippen LogP) is 9.12. The number of unbranched alkanes of at least 4 members (excludes halogenated alkanes) is 10. The molecule has 7 heteroatoms. The molecule has 246 valence electrons. The van der Waals surface area contributed by atoms with Crippen LogP contribution in [0.1, 0.15) is 129 Å². The van der Waals surface area contributed by atoms with E-state index in [0.29, 0.717) is 6.42 Å². The van der Waals surface area contributed by atoms with Crippen molar-refractivity contribution in [1.29, 1.82) is 0 Å². The molecule has 0 aromatic heterocycles. The molecule has 0 aliphatic rings. The topological polar surface area (TPSA) is 104 Å². The summed E-state index contributed by atoms with van der Waals surface area (Å²) in [7, 11) is -4.36. The summed E-state index contributed by atoms with van der Waals surface area (Å²) in [5.41, 5.74) is 0. The predicted molar refractivity (Wildman–Crippen MR) is 184 cm³/mol. The van der Waals surface area contributed by atoms with E-state index >= 15 is 0 Å². The van der Waals surface area contributed by atoms with Gasteiger partial charge in [0.1, 0.15) is 0 Å². The van der Waals surface area contributed by atoms with Crippen LogP contribution >= 0.6 is 0 Å². The fraction of sp³-hybridized carbons (Fsp3) is 0.639. The van der Waals surface area contributed by atoms with Crippen molar-refractivity contribution in [3.8, 4) is 0 Å². The second-order valence-corrected chi connectivity index (χ2v) is 12.6. The molecule has 6 nitrogen and oxygen atoms in total. The van der Waals surface area contributed by atoms with Crippen LogP contribution in [0.15, 0.2) is 72.9 Å². The molecular formula is C36H61NO5S. The summed E-state index contributed by atoms with van der Waals surface area (Å²) >= 11 is 0. The van der Waals surface area contributed by atoms with Crippen LogP contribution in [0.25, 0.3) is 0 Å². The van der Waals surface area contributed by atoms with Crippen LogP contribution in [0, 0.1) is 0 Å². The molecule has 0 fully saturated rings. The summed E-state index contributed by atoms with van der Waals surface area (Å²) in [6, 6.07) is -1.09. The molecule has 0 saturated carbocycles. The Hall–Kier alpha value is -2.22. The zero-order valence-corrected chi connectivity index (χ0v) is 27.9. The molecule has 2 atom stereocenters. The van der Waals surface area contributed by atoms with E-state index in [0.717, 1.165) is 57.8 Å². The molecule has 0 heterocycles. The first-order valence-electron chi connectivity index (χ1n) is 16.6. The minimum atomic E-state index is -4.36. The van der Waals surface area contributed by atoms with Gasteiger partial charge in [-0.15, -0.1) is 0 Å². The number of hydrogen-bond donors (Lipinski definition) is 3. The lowest BCUT2D eigenvalue weighted by atomic mass is 10.1. The van der Waals surface area contributed by atoms with E-state index in [1.807, 2.05) is 12.2 Å². The van der Waals surface area contributed by atoms with Gasteiger partial charge in [0.25, 0.3) is 10.1 Å². The van der Waals surface area contributed by atoms with Crippen LogP contribution in [0.3, 0.4) is 0 Å². The third-order valence-corrected chi connectivity index (χ3v) is 7.67. The van der Waals surface area contributed by atoms with E-state index in [2.05, 4.69) is 73.8 Å². The Morgan fingerprint density at radius 2 is 1.12 bits per heavy atom. The number of carbonyl (C=O) groups excluding carboxylic acids is 1. The Balaban J connectivity index is 4.19. The molecular weight excluding hydrogens is 558 g/mol. The Morgan fingerprint density at radius 1 is 0.651 bits per heavy atom. The van der Waals surface area contributed by atoms with E-state index in [1.54, 1.807) is 0 Å². The van der Waals surface area contributed by atoms with Crippen molar-refractivity contribution in [2.45, 2.75) is 142 Å². The van der Waals surface area contributed by atoms with Gasteiger partial charge in [0.2, 0.25) is 5.91 Å². The highest BCUT2D eigenvalue weighted by atomic mass is 32.2. The van der Waals surface area contributed by atoms with E-state index in [1.165, 1.54) is 51.0 Å². The van der Waals surface area contributed by atoms with Gasteiger partial charge in [-0.05, 0) is 57.8 Å². The van der Waals surface area contributed by atoms with Gasteiger partial charge in [-0.3, -0.25) is 9.35 Å². The Kier molecular flexibility index (Phi) is 28.3. The lowest BCUT2D eigenvalue weighted by molar-refractivity contribution is -0.122. The molecule has 0 rings (SSSR count). The lowest BCUT2D eigenvalue weighted by Crippen LogP contribution is -2.46. The molecule has 0 saturated heterocycles. The van der Waals surface area contributed by atoms with Gasteiger partial charge in [-0.25, -0.2) is 0 Å². The average molecular weight is 620 g/mol. The highest BCUT2D eigenvalue weighted by molar-refractivity contribution is 7.85. The standard InChI is InChI=1S/C36H61NO5S/c1-3-5-7-9-11-13-15-16-17-18-19-20-22-24-26-28-30-32-36(39)37-34(33-43(40,41)42)35(38)31-29-27-25-23-21-14-12-10-8-6-4-2/h5,7,11,13,16-17,19-20,24,26,29,31,34-35,38H,3-4,6,8-10,12,14-15,18,21-23,25,27-28,30,32-33H2,1-2H3,(H,37,39)(H,40,41,42)/b7-5-,13-11-,17-16-,20-19-,26-24-,31-29+. The summed E-state index contributed by atoms with van der Waals surface area (Å²) in [5, 5.41) is 13.1. The van der Waals surface area contributed by atoms with Gasteiger partial charge >= 0.3 is 0 Å². The number of hydrogen-bond acceptors (Lipinski definition) is 4. The van der Waals surface area contributed by atoms with Crippen molar-refractivity contribution in [2.75, 3.05) is 5.75 Å². The summed E-state index contributed by atoms with van der Waals surface area (Å²) in [6.07, 6.45) is 41.7. The number of aliphatic hydroxyl groups is 1. The van der Waals surface area contributed by atoms with E-state index in [-0.39, 0.29) is 12.3 Å². The third-order valence-electron chi connectivity index (χ3n) is 6.89. The normalized spacial score (nSPS) is 14.4. The molecule has 43 heavy (non-hydrogen) atoms.